The van der Waals surface area contributed by atoms with Crippen molar-refractivity contribution >= 4 is 5.91 Å². The highest BCUT2D eigenvalue weighted by molar-refractivity contribution is 5.78. The maximum absolute atomic E-state index is 11.4. The first-order valence-corrected chi connectivity index (χ1v) is 5.35. The molecule has 1 aromatic rings. The minimum absolute atomic E-state index is 0.0748. The molecule has 0 atom stereocenters. The fourth-order valence-corrected chi connectivity index (χ4v) is 1.45. The van der Waals surface area contributed by atoms with E-state index in [1.807, 2.05) is 30.1 Å². The minimum atomic E-state index is 0.0748. The van der Waals surface area contributed by atoms with E-state index in [0.29, 0.717) is 19.1 Å². The van der Waals surface area contributed by atoms with Crippen LogP contribution in [-0.4, -0.2) is 23.1 Å². The van der Waals surface area contributed by atoms with Crippen molar-refractivity contribution in [3.63, 3.8) is 0 Å². The first kappa shape index (κ1) is 10.2. The Labute approximate surface area is 89.7 Å². The fourth-order valence-electron chi connectivity index (χ4n) is 1.45. The van der Waals surface area contributed by atoms with E-state index in [9.17, 15) is 4.79 Å². The van der Waals surface area contributed by atoms with Gasteiger partial charge in [0.1, 0.15) is 0 Å². The summed E-state index contributed by atoms with van der Waals surface area (Å²) in [5, 5.41) is 6.06. The van der Waals surface area contributed by atoms with Crippen molar-refractivity contribution in [1.29, 1.82) is 0 Å². The normalized spacial score (nSPS) is 15.3. The quantitative estimate of drug-likeness (QED) is 0.734. The van der Waals surface area contributed by atoms with Crippen LogP contribution >= 0.6 is 0 Å². The second kappa shape index (κ2) is 4.49. The Morgan fingerprint density at radius 3 is 3.00 bits per heavy atom. The molecule has 0 radical (unpaired) electrons. The van der Waals surface area contributed by atoms with Gasteiger partial charge in [-0.3, -0.25) is 4.79 Å². The third kappa shape index (κ3) is 3.40. The minimum Gasteiger partial charge on any atom is -0.357 e. The largest absolute Gasteiger partial charge is 0.357 e. The molecule has 15 heavy (non-hydrogen) atoms. The Morgan fingerprint density at radius 1 is 1.60 bits per heavy atom. The Bertz CT molecular complexity index is 341. The van der Waals surface area contributed by atoms with Crippen LogP contribution in [0.1, 0.15) is 18.4 Å². The molecule has 1 aromatic heterocycles. The van der Waals surface area contributed by atoms with Crippen LogP contribution in [0.3, 0.4) is 0 Å². The van der Waals surface area contributed by atoms with E-state index in [4.69, 9.17) is 0 Å². The Balaban J connectivity index is 1.65. The second-order valence-electron chi connectivity index (χ2n) is 4.12. The number of hydrogen-bond acceptors (Lipinski definition) is 2. The molecule has 2 N–H and O–H groups in total. The average Bonchev–Trinajstić information content (AvgIpc) is 2.95. The maximum Gasteiger partial charge on any atom is 0.234 e. The van der Waals surface area contributed by atoms with Gasteiger partial charge in [-0.25, -0.2) is 0 Å². The number of aryl methyl sites for hydroxylation is 1. The molecule has 1 heterocycles. The van der Waals surface area contributed by atoms with Crippen LogP contribution in [0.2, 0.25) is 0 Å². The van der Waals surface area contributed by atoms with Gasteiger partial charge in [0.15, 0.2) is 0 Å². The lowest BCUT2D eigenvalue weighted by atomic mass is 10.3. The summed E-state index contributed by atoms with van der Waals surface area (Å²) >= 11 is 0. The molecule has 2 rings (SSSR count). The van der Waals surface area contributed by atoms with Crippen LogP contribution in [0.15, 0.2) is 18.5 Å². The van der Waals surface area contributed by atoms with Crippen LogP contribution in [0, 0.1) is 0 Å². The van der Waals surface area contributed by atoms with Crippen molar-refractivity contribution in [2.75, 3.05) is 6.54 Å². The van der Waals surface area contributed by atoms with Crippen LogP contribution < -0.4 is 10.6 Å². The summed E-state index contributed by atoms with van der Waals surface area (Å²) in [6, 6.07) is 2.60. The molecular weight excluding hydrogens is 190 g/mol. The number of aromatic nitrogens is 1. The van der Waals surface area contributed by atoms with Crippen molar-refractivity contribution in [2.24, 2.45) is 7.05 Å². The SMILES string of the molecule is Cn1ccc(CNC(=O)CNC2CC2)c1. The van der Waals surface area contributed by atoms with Gasteiger partial charge in [-0.1, -0.05) is 0 Å². The molecule has 0 spiro atoms. The molecule has 0 aromatic carbocycles. The lowest BCUT2D eigenvalue weighted by Gasteiger charge is -2.04. The summed E-state index contributed by atoms with van der Waals surface area (Å²) in [4.78, 5) is 11.4. The number of hydrogen-bond donors (Lipinski definition) is 2. The van der Waals surface area contributed by atoms with Gasteiger partial charge in [0.2, 0.25) is 5.91 Å². The van der Waals surface area contributed by atoms with Gasteiger partial charge in [0.05, 0.1) is 6.54 Å². The molecule has 0 unspecified atom stereocenters. The fraction of sp³-hybridized carbons (Fsp3) is 0.545. The van der Waals surface area contributed by atoms with E-state index in [-0.39, 0.29) is 5.91 Å². The summed E-state index contributed by atoms with van der Waals surface area (Å²) in [6.07, 6.45) is 6.41. The lowest BCUT2D eigenvalue weighted by Crippen LogP contribution is -2.34. The summed E-state index contributed by atoms with van der Waals surface area (Å²) in [7, 11) is 1.97. The van der Waals surface area contributed by atoms with Gasteiger partial charge in [-0.2, -0.15) is 0 Å². The average molecular weight is 207 g/mol. The van der Waals surface area contributed by atoms with E-state index >= 15 is 0 Å². The van der Waals surface area contributed by atoms with E-state index in [0.717, 1.165) is 5.56 Å². The molecule has 82 valence electrons. The number of amides is 1. The highest BCUT2D eigenvalue weighted by Gasteiger charge is 2.20. The maximum atomic E-state index is 11.4. The summed E-state index contributed by atoms with van der Waals surface area (Å²) in [5.41, 5.74) is 1.14. The third-order valence-corrected chi connectivity index (χ3v) is 2.51. The monoisotopic (exact) mass is 207 g/mol. The van der Waals surface area contributed by atoms with E-state index < -0.39 is 0 Å². The predicted octanol–water partition coefficient (Wildman–Crippen LogP) is 0.393. The molecular formula is C11H17N3O. The molecule has 1 fully saturated rings. The molecule has 1 aliphatic rings. The number of carbonyl (C=O) groups excluding carboxylic acids is 1. The molecule has 1 saturated carbocycles. The van der Waals surface area contributed by atoms with Crippen LogP contribution in [0.5, 0.6) is 0 Å². The molecule has 0 aliphatic heterocycles. The summed E-state index contributed by atoms with van der Waals surface area (Å²) in [5.74, 6) is 0.0748. The zero-order chi connectivity index (χ0) is 10.7. The highest BCUT2D eigenvalue weighted by Crippen LogP contribution is 2.17. The number of carbonyl (C=O) groups is 1. The lowest BCUT2D eigenvalue weighted by molar-refractivity contribution is -0.120. The van der Waals surface area contributed by atoms with Crippen LogP contribution in [0.4, 0.5) is 0 Å². The molecule has 0 bridgehead atoms. The summed E-state index contributed by atoms with van der Waals surface area (Å²) in [6.45, 7) is 1.06. The molecule has 4 nitrogen and oxygen atoms in total. The third-order valence-electron chi connectivity index (χ3n) is 2.51. The smallest absolute Gasteiger partial charge is 0.234 e. The van der Waals surface area contributed by atoms with Crippen molar-refractivity contribution in [1.82, 2.24) is 15.2 Å². The Kier molecular flexibility index (Phi) is 3.06. The van der Waals surface area contributed by atoms with E-state index in [2.05, 4.69) is 10.6 Å². The van der Waals surface area contributed by atoms with Crippen molar-refractivity contribution in [2.45, 2.75) is 25.4 Å². The van der Waals surface area contributed by atoms with Gasteiger partial charge in [0.25, 0.3) is 0 Å². The van der Waals surface area contributed by atoms with Gasteiger partial charge in [-0.05, 0) is 24.5 Å². The first-order valence-electron chi connectivity index (χ1n) is 5.35. The standard InChI is InChI=1S/C11H17N3O/c1-14-5-4-9(8-14)6-13-11(15)7-12-10-2-3-10/h4-5,8,10,12H,2-3,6-7H2,1H3,(H,13,15). The Hall–Kier alpha value is -1.29. The van der Waals surface area contributed by atoms with Gasteiger partial charge in [-0.15, -0.1) is 0 Å². The van der Waals surface area contributed by atoms with E-state index in [1.54, 1.807) is 0 Å². The van der Waals surface area contributed by atoms with Crippen LogP contribution in [-0.2, 0) is 18.4 Å². The predicted molar refractivity (Wildman–Crippen MR) is 58.3 cm³/mol. The number of nitrogens with zero attached hydrogens (tertiary/aromatic N) is 1. The van der Waals surface area contributed by atoms with Gasteiger partial charge >= 0.3 is 0 Å². The molecule has 0 saturated heterocycles. The topological polar surface area (TPSA) is 46.1 Å². The Morgan fingerprint density at radius 2 is 2.40 bits per heavy atom. The van der Waals surface area contributed by atoms with Crippen molar-refractivity contribution in [3.8, 4) is 0 Å². The second-order valence-corrected chi connectivity index (χ2v) is 4.12. The first-order chi connectivity index (χ1) is 7.24. The molecule has 4 heteroatoms. The van der Waals surface area contributed by atoms with Gasteiger partial charge < -0.3 is 15.2 Å². The highest BCUT2D eigenvalue weighted by atomic mass is 16.1. The number of rotatable bonds is 5. The zero-order valence-corrected chi connectivity index (χ0v) is 8.99. The summed E-state index contributed by atoms with van der Waals surface area (Å²) < 4.78 is 1.98. The van der Waals surface area contributed by atoms with Crippen LogP contribution in [0.25, 0.3) is 0 Å². The van der Waals surface area contributed by atoms with Crippen molar-refractivity contribution in [3.05, 3.63) is 24.0 Å². The van der Waals surface area contributed by atoms with Crippen molar-refractivity contribution < 1.29 is 4.79 Å². The zero-order valence-electron chi connectivity index (χ0n) is 8.99. The number of nitrogens with one attached hydrogen (secondary N) is 2. The van der Waals surface area contributed by atoms with E-state index in [1.165, 1.54) is 12.8 Å². The van der Waals surface area contributed by atoms with Gasteiger partial charge in [0, 0.05) is 32.0 Å². The molecule has 1 aliphatic carbocycles. The molecule has 1 amide bonds.